The zero-order valence-electron chi connectivity index (χ0n) is 12.1. The molecule has 2 amide bonds. The predicted molar refractivity (Wildman–Crippen MR) is 77.2 cm³/mol. The van der Waals surface area contributed by atoms with Crippen molar-refractivity contribution in [3.05, 3.63) is 29.8 Å². The summed E-state index contributed by atoms with van der Waals surface area (Å²) in [6, 6.07) is 6.94. The van der Waals surface area contributed by atoms with Gasteiger partial charge in [0.2, 0.25) is 0 Å². The van der Waals surface area contributed by atoms with Crippen molar-refractivity contribution in [3.8, 4) is 5.75 Å². The minimum Gasteiger partial charge on any atom is -0.491 e. The van der Waals surface area contributed by atoms with Crippen molar-refractivity contribution >= 4 is 12.0 Å². The van der Waals surface area contributed by atoms with E-state index in [0.29, 0.717) is 6.61 Å². The average Bonchev–Trinajstić information content (AvgIpc) is 2.81. The van der Waals surface area contributed by atoms with Crippen LogP contribution in [-0.2, 0) is 4.79 Å². The monoisotopic (exact) mass is 292 g/mol. The van der Waals surface area contributed by atoms with E-state index >= 15 is 0 Å². The van der Waals surface area contributed by atoms with E-state index in [0.717, 1.165) is 11.3 Å². The van der Waals surface area contributed by atoms with Crippen molar-refractivity contribution in [2.24, 2.45) is 11.8 Å². The maximum Gasteiger partial charge on any atom is 0.315 e. The molecule has 0 radical (unpaired) electrons. The first-order valence-corrected chi connectivity index (χ1v) is 6.98. The van der Waals surface area contributed by atoms with Crippen molar-refractivity contribution in [1.29, 1.82) is 0 Å². The van der Waals surface area contributed by atoms with Crippen LogP contribution >= 0.6 is 0 Å². The van der Waals surface area contributed by atoms with E-state index in [2.05, 4.69) is 10.6 Å². The van der Waals surface area contributed by atoms with Crippen molar-refractivity contribution in [2.75, 3.05) is 13.2 Å². The summed E-state index contributed by atoms with van der Waals surface area (Å²) in [4.78, 5) is 23.0. The second-order valence-electron chi connectivity index (χ2n) is 5.44. The molecule has 0 aromatic heterocycles. The summed E-state index contributed by atoms with van der Waals surface area (Å²) in [6.07, 6.45) is 0. The number of carboxylic acids is 1. The first-order valence-electron chi connectivity index (χ1n) is 6.98. The third kappa shape index (κ3) is 3.65. The summed E-state index contributed by atoms with van der Waals surface area (Å²) in [5.41, 5.74) is 0.936. The van der Waals surface area contributed by atoms with Crippen molar-refractivity contribution in [2.45, 2.75) is 19.9 Å². The van der Waals surface area contributed by atoms with Crippen LogP contribution in [0.15, 0.2) is 24.3 Å². The Balaban J connectivity index is 1.87. The van der Waals surface area contributed by atoms with Crippen LogP contribution in [0, 0.1) is 11.8 Å². The fourth-order valence-electron chi connectivity index (χ4n) is 2.30. The molecule has 1 heterocycles. The lowest BCUT2D eigenvalue weighted by molar-refractivity contribution is -0.142. The molecule has 3 N–H and O–H groups in total. The van der Waals surface area contributed by atoms with Gasteiger partial charge in [-0.15, -0.1) is 0 Å². The van der Waals surface area contributed by atoms with Crippen molar-refractivity contribution < 1.29 is 19.4 Å². The minimum atomic E-state index is -0.903. The largest absolute Gasteiger partial charge is 0.491 e. The fraction of sp³-hybridized carbons (Fsp3) is 0.467. The van der Waals surface area contributed by atoms with Gasteiger partial charge in [-0.2, -0.15) is 0 Å². The van der Waals surface area contributed by atoms with Crippen LogP contribution in [0.3, 0.4) is 0 Å². The smallest absolute Gasteiger partial charge is 0.315 e. The van der Waals surface area contributed by atoms with Gasteiger partial charge in [0.1, 0.15) is 12.4 Å². The first kappa shape index (κ1) is 15.2. The number of amides is 2. The van der Waals surface area contributed by atoms with E-state index in [1.54, 1.807) is 0 Å². The van der Waals surface area contributed by atoms with Gasteiger partial charge in [0.25, 0.3) is 0 Å². The summed E-state index contributed by atoms with van der Waals surface area (Å²) < 4.78 is 5.48. The second kappa shape index (κ2) is 6.47. The van der Waals surface area contributed by atoms with Crippen molar-refractivity contribution in [3.63, 3.8) is 0 Å². The number of carbonyl (C=O) groups excluding carboxylic acids is 1. The second-order valence-corrected chi connectivity index (χ2v) is 5.44. The highest BCUT2D eigenvalue weighted by Gasteiger charge is 2.26. The van der Waals surface area contributed by atoms with Gasteiger partial charge >= 0.3 is 12.0 Å². The van der Waals surface area contributed by atoms with Gasteiger partial charge in [-0.3, -0.25) is 4.79 Å². The van der Waals surface area contributed by atoms with E-state index in [4.69, 9.17) is 9.84 Å². The molecule has 2 rings (SSSR count). The van der Waals surface area contributed by atoms with E-state index in [-0.39, 0.29) is 24.5 Å². The highest BCUT2D eigenvalue weighted by molar-refractivity contribution is 5.76. The quantitative estimate of drug-likeness (QED) is 0.772. The SMILES string of the molecule is CC(C)C(CNC(=O)NC1COc2ccccc21)C(=O)O. The molecule has 0 saturated heterocycles. The van der Waals surface area contributed by atoms with Gasteiger partial charge < -0.3 is 20.5 Å². The number of hydrogen-bond donors (Lipinski definition) is 3. The standard InChI is InChI=1S/C15H20N2O4/c1-9(2)11(14(18)19)7-16-15(20)17-12-8-21-13-6-4-3-5-10(12)13/h3-6,9,11-12H,7-8H2,1-2H3,(H,18,19)(H2,16,17,20). The van der Waals surface area contributed by atoms with Crippen LogP contribution in [0.4, 0.5) is 4.79 Å². The van der Waals surface area contributed by atoms with E-state index in [1.165, 1.54) is 0 Å². The lowest BCUT2D eigenvalue weighted by Crippen LogP contribution is -2.42. The Hall–Kier alpha value is -2.24. The third-order valence-corrected chi connectivity index (χ3v) is 3.61. The summed E-state index contributed by atoms with van der Waals surface area (Å²) in [7, 11) is 0. The van der Waals surface area contributed by atoms with Gasteiger partial charge in [0.05, 0.1) is 12.0 Å². The molecule has 2 unspecified atom stereocenters. The predicted octanol–water partition coefficient (Wildman–Crippen LogP) is 1.78. The van der Waals surface area contributed by atoms with E-state index < -0.39 is 11.9 Å². The summed E-state index contributed by atoms with van der Waals surface area (Å²) in [5, 5.41) is 14.5. The number of carbonyl (C=O) groups is 2. The maximum absolute atomic E-state index is 11.9. The molecule has 1 aromatic rings. The maximum atomic E-state index is 11.9. The minimum absolute atomic E-state index is 0.0432. The molecule has 0 spiro atoms. The number of nitrogens with one attached hydrogen (secondary N) is 2. The van der Waals surface area contributed by atoms with Crippen LogP contribution in [0.5, 0.6) is 5.75 Å². The Morgan fingerprint density at radius 2 is 2.10 bits per heavy atom. The van der Waals surface area contributed by atoms with Gasteiger partial charge in [-0.25, -0.2) is 4.79 Å². The number of aliphatic carboxylic acids is 1. The molecule has 1 aliphatic heterocycles. The first-order chi connectivity index (χ1) is 9.99. The Kier molecular flexibility index (Phi) is 4.67. The molecule has 2 atom stereocenters. The van der Waals surface area contributed by atoms with E-state index in [9.17, 15) is 9.59 Å². The fourth-order valence-corrected chi connectivity index (χ4v) is 2.30. The molecular weight excluding hydrogens is 272 g/mol. The van der Waals surface area contributed by atoms with E-state index in [1.807, 2.05) is 38.1 Å². The molecule has 0 bridgehead atoms. The van der Waals surface area contributed by atoms with Gasteiger partial charge in [0.15, 0.2) is 0 Å². The van der Waals surface area contributed by atoms with Gasteiger partial charge in [-0.05, 0) is 12.0 Å². The zero-order chi connectivity index (χ0) is 15.4. The van der Waals surface area contributed by atoms with Crippen molar-refractivity contribution in [1.82, 2.24) is 10.6 Å². The summed E-state index contributed by atoms with van der Waals surface area (Å²) in [6.45, 7) is 4.13. The van der Waals surface area contributed by atoms with Gasteiger partial charge in [-0.1, -0.05) is 32.0 Å². The van der Waals surface area contributed by atoms with Crippen LogP contribution < -0.4 is 15.4 Å². The molecule has 21 heavy (non-hydrogen) atoms. The average molecular weight is 292 g/mol. The number of para-hydroxylation sites is 1. The number of fused-ring (bicyclic) bond motifs is 1. The Morgan fingerprint density at radius 1 is 1.38 bits per heavy atom. The summed E-state index contributed by atoms with van der Waals surface area (Å²) >= 11 is 0. The van der Waals surface area contributed by atoms with Crippen LogP contribution in [0.1, 0.15) is 25.5 Å². The lowest BCUT2D eigenvalue weighted by atomic mass is 9.96. The summed E-state index contributed by atoms with van der Waals surface area (Å²) in [5.74, 6) is -0.769. The molecule has 6 heteroatoms. The molecular formula is C15H20N2O4. The zero-order valence-corrected chi connectivity index (χ0v) is 12.1. The molecule has 0 aliphatic carbocycles. The van der Waals surface area contributed by atoms with Crippen LogP contribution in [0.2, 0.25) is 0 Å². The molecule has 114 valence electrons. The number of hydrogen-bond acceptors (Lipinski definition) is 3. The van der Waals surface area contributed by atoms with Crippen LogP contribution in [-0.4, -0.2) is 30.3 Å². The number of benzene rings is 1. The topological polar surface area (TPSA) is 87.7 Å². The number of rotatable bonds is 5. The molecule has 1 aromatic carbocycles. The lowest BCUT2D eigenvalue weighted by Gasteiger charge is -2.18. The molecule has 6 nitrogen and oxygen atoms in total. The Bertz CT molecular complexity index is 530. The Labute approximate surface area is 123 Å². The normalized spacial score (nSPS) is 17.8. The molecule has 1 aliphatic rings. The number of urea groups is 1. The number of ether oxygens (including phenoxy) is 1. The Morgan fingerprint density at radius 3 is 2.76 bits per heavy atom. The highest BCUT2D eigenvalue weighted by Crippen LogP contribution is 2.31. The molecule has 0 saturated carbocycles. The van der Waals surface area contributed by atoms with Crippen LogP contribution in [0.25, 0.3) is 0 Å². The highest BCUT2D eigenvalue weighted by atomic mass is 16.5. The van der Waals surface area contributed by atoms with Gasteiger partial charge in [0, 0.05) is 12.1 Å². The number of carboxylic acid groups (broad SMARTS) is 1. The molecule has 0 fully saturated rings. The third-order valence-electron chi connectivity index (χ3n) is 3.61.